The fourth-order valence-electron chi connectivity index (χ4n) is 8.29. The molecule has 0 N–H and O–H groups in total. The third kappa shape index (κ3) is 7.02. The van der Waals surface area contributed by atoms with Crippen LogP contribution in [0.15, 0.2) is 193 Å². The quantitative estimate of drug-likeness (QED) is 0.0498. The monoisotopic (exact) mass is 802 g/mol. The van der Waals surface area contributed by atoms with Crippen molar-refractivity contribution in [3.05, 3.63) is 228 Å². The molecule has 0 unspecified atom stereocenters. The van der Waals surface area contributed by atoms with Gasteiger partial charge < -0.3 is 14.2 Å². The number of benzene rings is 6. The first-order chi connectivity index (χ1) is 29.0. The van der Waals surface area contributed by atoms with Crippen LogP contribution < -0.4 is 0 Å². The lowest BCUT2D eigenvalue weighted by atomic mass is 9.79. The summed E-state index contributed by atoms with van der Waals surface area (Å²) in [4.78, 5) is 12.5. The first-order valence-electron chi connectivity index (χ1n) is 19.4. The largest absolute Gasteiger partial charge is 0.358 e. The lowest BCUT2D eigenvalue weighted by Gasteiger charge is -2.40. The van der Waals surface area contributed by atoms with Gasteiger partial charge in [-0.05, 0) is 39.6 Å². The zero-order valence-corrected chi connectivity index (χ0v) is 32.9. The van der Waals surface area contributed by atoms with Crippen molar-refractivity contribution in [3.8, 4) is 0 Å². The summed E-state index contributed by atoms with van der Waals surface area (Å²) in [5.74, 6) is 0. The molecule has 10 heteroatoms. The third-order valence-electron chi connectivity index (χ3n) is 11.0. The van der Waals surface area contributed by atoms with E-state index in [2.05, 4.69) is 15.0 Å². The molecule has 0 amide bonds. The highest BCUT2D eigenvalue weighted by Gasteiger charge is 2.53. The zero-order chi connectivity index (χ0) is 40.2. The van der Waals surface area contributed by atoms with Crippen LogP contribution in [0.1, 0.15) is 39.6 Å². The summed E-state index contributed by atoms with van der Waals surface area (Å²) in [7, 11) is 0. The highest BCUT2D eigenvalue weighted by Crippen LogP contribution is 2.48. The summed E-state index contributed by atoms with van der Waals surface area (Å²) >= 11 is 1.23. The Morgan fingerprint density at radius 3 is 1.42 bits per heavy atom. The molecule has 1 aliphatic rings. The molecule has 0 spiro atoms. The molecular formula is C49H40F2N4O3S. The summed E-state index contributed by atoms with van der Waals surface area (Å²) in [6.07, 6.45) is -3.13. The van der Waals surface area contributed by atoms with Crippen LogP contribution in [0.4, 0.5) is 8.78 Å². The molecule has 8 aromatic rings. The molecule has 0 saturated carbocycles. The minimum Gasteiger partial charge on any atom is -0.358 e. The zero-order valence-electron chi connectivity index (χ0n) is 32.1. The Bertz CT molecular complexity index is 2410. The normalized spacial score (nSPS) is 18.3. The SMILES string of the molecule is CSc1nc(F)nc2c1ncn2[C@@H]1O[C@H](COC(c2ccccc2)(c2ccccc2)c2ccccc2)[C@@H](OC(c2ccccc2)(c2ccccc2)c2ccccc2)[C@H]1F. The van der Waals surface area contributed by atoms with Crippen LogP contribution >= 0.6 is 11.8 Å². The number of aromatic nitrogens is 4. The molecule has 0 aliphatic carbocycles. The van der Waals surface area contributed by atoms with Gasteiger partial charge in [-0.15, -0.1) is 11.8 Å². The standard InChI is InChI=1S/C49H40F2N4O3S/c1-59-45-42-44(53-47(51)54-45)55(33-52-42)46-41(50)43(58-49(37-26-14-5-15-27-37,38-28-16-6-17-29-38)39-30-18-7-19-31-39)40(57-46)32-56-48(34-20-8-2-9-21-34,35-22-10-3-11-23-35)36-24-12-4-13-25-36/h2-31,33,40-41,43,46H,32H2,1H3/t40-,41-,43-,46-/m1/s1. The Kier molecular flexibility index (Phi) is 10.9. The number of fused-ring (bicyclic) bond motifs is 1. The first-order valence-corrected chi connectivity index (χ1v) is 20.6. The Labute approximate surface area is 345 Å². The van der Waals surface area contributed by atoms with E-state index in [9.17, 15) is 4.39 Å². The van der Waals surface area contributed by atoms with E-state index in [0.29, 0.717) is 10.5 Å². The van der Waals surface area contributed by atoms with Crippen LogP contribution in [0.2, 0.25) is 0 Å². The van der Waals surface area contributed by atoms with Crippen LogP contribution in [-0.4, -0.2) is 50.8 Å². The number of rotatable bonds is 13. The fraction of sp³-hybridized carbons (Fsp3) is 0.163. The van der Waals surface area contributed by atoms with Gasteiger partial charge in [-0.25, -0.2) is 9.37 Å². The van der Waals surface area contributed by atoms with Crippen molar-refractivity contribution in [3.63, 3.8) is 0 Å². The molecule has 1 fully saturated rings. The van der Waals surface area contributed by atoms with Crippen molar-refractivity contribution in [2.24, 2.45) is 0 Å². The van der Waals surface area contributed by atoms with Gasteiger partial charge in [0.2, 0.25) is 0 Å². The number of halogens is 2. The fourth-order valence-corrected chi connectivity index (χ4v) is 8.79. The molecule has 59 heavy (non-hydrogen) atoms. The number of nitrogens with zero attached hydrogens (tertiary/aromatic N) is 4. The number of imidazole rings is 1. The van der Waals surface area contributed by atoms with Crippen LogP contribution in [-0.2, 0) is 25.4 Å². The van der Waals surface area contributed by atoms with E-state index in [1.54, 1.807) is 6.26 Å². The lowest BCUT2D eigenvalue weighted by molar-refractivity contribution is -0.128. The molecule has 294 valence electrons. The summed E-state index contributed by atoms with van der Waals surface area (Å²) in [5, 5.41) is 0.335. The van der Waals surface area contributed by atoms with E-state index in [-0.39, 0.29) is 12.3 Å². The molecule has 2 aromatic heterocycles. The van der Waals surface area contributed by atoms with Gasteiger partial charge in [0.1, 0.15) is 34.0 Å². The molecule has 1 aliphatic heterocycles. The molecule has 0 radical (unpaired) electrons. The van der Waals surface area contributed by atoms with Gasteiger partial charge in [0, 0.05) is 0 Å². The van der Waals surface area contributed by atoms with Gasteiger partial charge in [-0.3, -0.25) is 4.57 Å². The van der Waals surface area contributed by atoms with E-state index >= 15 is 4.39 Å². The highest BCUT2D eigenvalue weighted by atomic mass is 32.2. The van der Waals surface area contributed by atoms with E-state index in [4.69, 9.17) is 14.2 Å². The topological polar surface area (TPSA) is 71.3 Å². The Morgan fingerprint density at radius 1 is 0.610 bits per heavy atom. The highest BCUT2D eigenvalue weighted by molar-refractivity contribution is 7.98. The third-order valence-corrected chi connectivity index (χ3v) is 11.6. The molecule has 0 bridgehead atoms. The van der Waals surface area contributed by atoms with Crippen LogP contribution in [0, 0.1) is 6.08 Å². The summed E-state index contributed by atoms with van der Waals surface area (Å²) < 4.78 is 56.0. The second-order valence-electron chi connectivity index (χ2n) is 14.3. The predicted octanol–water partition coefficient (Wildman–Crippen LogP) is 10.3. The van der Waals surface area contributed by atoms with E-state index in [1.165, 1.54) is 22.7 Å². The van der Waals surface area contributed by atoms with Crippen LogP contribution in [0.25, 0.3) is 11.2 Å². The minimum absolute atomic E-state index is 0.110. The molecule has 3 heterocycles. The minimum atomic E-state index is -1.81. The van der Waals surface area contributed by atoms with Crippen LogP contribution in [0.3, 0.4) is 0 Å². The Balaban J connectivity index is 1.22. The van der Waals surface area contributed by atoms with Crippen molar-refractivity contribution >= 4 is 22.9 Å². The predicted molar refractivity (Wildman–Crippen MR) is 225 cm³/mol. The smallest absolute Gasteiger partial charge is 0.311 e. The number of alkyl halides is 1. The summed E-state index contributed by atoms with van der Waals surface area (Å²) in [5.41, 5.74) is 3.05. The molecule has 9 rings (SSSR count). The van der Waals surface area contributed by atoms with Gasteiger partial charge in [-0.1, -0.05) is 182 Å². The number of hydrogen-bond donors (Lipinski definition) is 0. The number of thioether (sulfide) groups is 1. The van der Waals surface area contributed by atoms with E-state index in [1.807, 2.05) is 182 Å². The van der Waals surface area contributed by atoms with Gasteiger partial charge in [0.15, 0.2) is 18.0 Å². The van der Waals surface area contributed by atoms with Gasteiger partial charge in [0.05, 0.1) is 12.9 Å². The van der Waals surface area contributed by atoms with Gasteiger partial charge in [-0.2, -0.15) is 14.4 Å². The lowest BCUT2D eigenvalue weighted by Crippen LogP contribution is -2.45. The summed E-state index contributed by atoms with van der Waals surface area (Å²) in [6.45, 7) is -0.110. The van der Waals surface area contributed by atoms with E-state index < -0.39 is 41.9 Å². The first kappa shape index (κ1) is 38.5. The maximum Gasteiger partial charge on any atom is 0.311 e. The van der Waals surface area contributed by atoms with Crippen molar-refractivity contribution in [1.82, 2.24) is 19.5 Å². The molecule has 1 saturated heterocycles. The van der Waals surface area contributed by atoms with E-state index in [0.717, 1.165) is 33.4 Å². The Morgan fingerprint density at radius 2 is 1.02 bits per heavy atom. The van der Waals surface area contributed by atoms with Gasteiger partial charge in [0.25, 0.3) is 0 Å². The Hall–Kier alpha value is -6.04. The molecule has 7 nitrogen and oxygen atoms in total. The van der Waals surface area contributed by atoms with Crippen molar-refractivity contribution in [2.75, 3.05) is 12.9 Å². The van der Waals surface area contributed by atoms with Crippen molar-refractivity contribution in [1.29, 1.82) is 0 Å². The number of ether oxygens (including phenoxy) is 3. The molecular weight excluding hydrogens is 763 g/mol. The average molecular weight is 803 g/mol. The maximum atomic E-state index is 18.0. The second kappa shape index (κ2) is 16.7. The maximum absolute atomic E-state index is 18.0. The molecule has 6 aromatic carbocycles. The average Bonchev–Trinajstić information content (AvgIpc) is 3.86. The van der Waals surface area contributed by atoms with Crippen molar-refractivity contribution < 1.29 is 23.0 Å². The van der Waals surface area contributed by atoms with Crippen molar-refractivity contribution in [2.45, 2.75) is 40.8 Å². The number of hydrogen-bond acceptors (Lipinski definition) is 7. The van der Waals surface area contributed by atoms with Gasteiger partial charge >= 0.3 is 6.08 Å². The summed E-state index contributed by atoms with van der Waals surface area (Å²) in [6, 6.07) is 59.4. The van der Waals surface area contributed by atoms with Crippen LogP contribution in [0.5, 0.6) is 0 Å². The second-order valence-corrected chi connectivity index (χ2v) is 15.1. The molecule has 4 atom stereocenters.